The number of benzene rings is 1. The maximum absolute atomic E-state index is 13.0. The van der Waals surface area contributed by atoms with Gasteiger partial charge in [0.15, 0.2) is 0 Å². The molecular weight excluding hydrogens is 235 g/mol. The van der Waals surface area contributed by atoms with Crippen LogP contribution in [-0.4, -0.2) is 11.2 Å². The van der Waals surface area contributed by atoms with E-state index in [1.807, 2.05) is 13.0 Å². The number of aliphatic hydroxyl groups excluding tert-OH is 1. The molecule has 72 valence electrons. The van der Waals surface area contributed by atoms with E-state index in [1.54, 1.807) is 6.07 Å². The highest BCUT2D eigenvalue weighted by Crippen LogP contribution is 2.21. The Balaban J connectivity index is 2.83. The van der Waals surface area contributed by atoms with E-state index in [2.05, 4.69) is 15.9 Å². The summed E-state index contributed by atoms with van der Waals surface area (Å²) in [5, 5.41) is 9.38. The Morgan fingerprint density at radius 3 is 2.85 bits per heavy atom. The van der Waals surface area contributed by atoms with E-state index in [9.17, 15) is 9.50 Å². The third-order valence-corrected chi connectivity index (χ3v) is 2.85. The van der Waals surface area contributed by atoms with Crippen molar-refractivity contribution in [2.24, 2.45) is 0 Å². The van der Waals surface area contributed by atoms with Gasteiger partial charge in [0, 0.05) is 0 Å². The molecule has 0 aliphatic heterocycles. The number of hydrogen-bond donors (Lipinski definition) is 1. The van der Waals surface area contributed by atoms with Crippen LogP contribution in [0.25, 0.3) is 0 Å². The Labute approximate surface area is 85.7 Å². The number of halogens is 2. The van der Waals surface area contributed by atoms with Gasteiger partial charge in [0.25, 0.3) is 0 Å². The maximum atomic E-state index is 13.0. The van der Waals surface area contributed by atoms with Crippen LogP contribution < -0.4 is 0 Å². The van der Waals surface area contributed by atoms with Gasteiger partial charge in [-0.3, -0.25) is 0 Å². The lowest BCUT2D eigenvalue weighted by molar-refractivity contribution is 0.170. The Morgan fingerprint density at radius 2 is 2.23 bits per heavy atom. The normalized spacial score (nSPS) is 12.9. The van der Waals surface area contributed by atoms with Gasteiger partial charge >= 0.3 is 0 Å². The monoisotopic (exact) mass is 246 g/mol. The van der Waals surface area contributed by atoms with Crippen molar-refractivity contribution in [1.82, 2.24) is 0 Å². The molecule has 1 unspecified atom stereocenters. The highest BCUT2D eigenvalue weighted by atomic mass is 79.9. The molecule has 0 amide bonds. The molecule has 1 aromatic carbocycles. The molecule has 0 heterocycles. The molecule has 0 aliphatic carbocycles. The largest absolute Gasteiger partial charge is 0.393 e. The first-order chi connectivity index (χ1) is 6.15. The lowest BCUT2D eigenvalue weighted by atomic mass is 10.1. The zero-order valence-electron chi connectivity index (χ0n) is 7.43. The summed E-state index contributed by atoms with van der Waals surface area (Å²) >= 11 is 3.15. The molecule has 1 N–H and O–H groups in total. The fraction of sp³-hybridized carbons (Fsp3) is 0.400. The SMILES string of the molecule is CCC(O)Cc1cccc(F)c1Br. The molecule has 0 aromatic heterocycles. The van der Waals surface area contributed by atoms with Crippen LogP contribution in [0.4, 0.5) is 4.39 Å². The fourth-order valence-electron chi connectivity index (χ4n) is 1.10. The summed E-state index contributed by atoms with van der Waals surface area (Å²) in [6.07, 6.45) is 0.788. The van der Waals surface area contributed by atoms with Crippen LogP contribution in [0.1, 0.15) is 18.9 Å². The predicted molar refractivity (Wildman–Crippen MR) is 54.1 cm³/mol. The second kappa shape index (κ2) is 4.72. The Morgan fingerprint density at radius 1 is 1.54 bits per heavy atom. The quantitative estimate of drug-likeness (QED) is 0.870. The van der Waals surface area contributed by atoms with Crippen molar-refractivity contribution in [3.63, 3.8) is 0 Å². The summed E-state index contributed by atoms with van der Waals surface area (Å²) in [6.45, 7) is 1.90. The third kappa shape index (κ3) is 2.78. The summed E-state index contributed by atoms with van der Waals surface area (Å²) < 4.78 is 13.5. The lowest BCUT2D eigenvalue weighted by Gasteiger charge is -2.09. The molecule has 1 atom stereocenters. The first-order valence-electron chi connectivity index (χ1n) is 4.26. The summed E-state index contributed by atoms with van der Waals surface area (Å²) in [5.41, 5.74) is 0.814. The first-order valence-corrected chi connectivity index (χ1v) is 5.05. The Kier molecular flexibility index (Phi) is 3.88. The molecule has 1 nitrogen and oxygen atoms in total. The minimum Gasteiger partial charge on any atom is -0.393 e. The summed E-state index contributed by atoms with van der Waals surface area (Å²) in [5.74, 6) is -0.277. The van der Waals surface area contributed by atoms with Crippen LogP contribution in [0.2, 0.25) is 0 Å². The zero-order valence-corrected chi connectivity index (χ0v) is 9.01. The van der Waals surface area contributed by atoms with Crippen molar-refractivity contribution in [3.05, 3.63) is 34.1 Å². The first kappa shape index (κ1) is 10.7. The highest BCUT2D eigenvalue weighted by molar-refractivity contribution is 9.10. The maximum Gasteiger partial charge on any atom is 0.137 e. The second-order valence-electron chi connectivity index (χ2n) is 2.98. The smallest absolute Gasteiger partial charge is 0.137 e. The minimum absolute atomic E-state index is 0.277. The molecule has 0 bridgehead atoms. The van der Waals surface area contributed by atoms with E-state index in [0.717, 1.165) is 5.56 Å². The molecule has 0 aliphatic rings. The predicted octanol–water partition coefficient (Wildman–Crippen LogP) is 2.90. The molecule has 0 spiro atoms. The van der Waals surface area contributed by atoms with Gasteiger partial charge in [-0.15, -0.1) is 0 Å². The van der Waals surface area contributed by atoms with E-state index < -0.39 is 6.10 Å². The molecule has 3 heteroatoms. The van der Waals surface area contributed by atoms with Crippen molar-refractivity contribution in [3.8, 4) is 0 Å². The minimum atomic E-state index is -0.391. The van der Waals surface area contributed by atoms with Gasteiger partial charge in [-0.25, -0.2) is 4.39 Å². The van der Waals surface area contributed by atoms with Crippen molar-refractivity contribution in [2.75, 3.05) is 0 Å². The van der Waals surface area contributed by atoms with E-state index in [4.69, 9.17) is 0 Å². The van der Waals surface area contributed by atoms with Gasteiger partial charge in [0.1, 0.15) is 5.82 Å². The molecule has 1 rings (SSSR count). The van der Waals surface area contributed by atoms with Crippen molar-refractivity contribution in [1.29, 1.82) is 0 Å². The van der Waals surface area contributed by atoms with E-state index in [-0.39, 0.29) is 5.82 Å². The van der Waals surface area contributed by atoms with Crippen molar-refractivity contribution >= 4 is 15.9 Å². The summed E-state index contributed by atoms with van der Waals surface area (Å²) in [4.78, 5) is 0. The molecule has 0 saturated carbocycles. The topological polar surface area (TPSA) is 20.2 Å². The van der Waals surface area contributed by atoms with Crippen LogP contribution >= 0.6 is 15.9 Å². The Hall–Kier alpha value is -0.410. The fourth-order valence-corrected chi connectivity index (χ4v) is 1.53. The number of hydrogen-bond acceptors (Lipinski definition) is 1. The van der Waals surface area contributed by atoms with Crippen LogP contribution in [0.3, 0.4) is 0 Å². The summed E-state index contributed by atoms with van der Waals surface area (Å²) in [7, 11) is 0. The van der Waals surface area contributed by atoms with Gasteiger partial charge in [-0.05, 0) is 40.4 Å². The van der Waals surface area contributed by atoms with Gasteiger partial charge in [-0.2, -0.15) is 0 Å². The lowest BCUT2D eigenvalue weighted by Crippen LogP contribution is -2.09. The van der Waals surface area contributed by atoms with Crippen LogP contribution in [-0.2, 0) is 6.42 Å². The molecule has 13 heavy (non-hydrogen) atoms. The third-order valence-electron chi connectivity index (χ3n) is 1.96. The standard InChI is InChI=1S/C10H12BrFO/c1-2-8(13)6-7-4-3-5-9(12)10(7)11/h3-5,8,13H,2,6H2,1H3. The van der Waals surface area contributed by atoms with Crippen LogP contribution in [0, 0.1) is 5.82 Å². The second-order valence-corrected chi connectivity index (χ2v) is 3.77. The van der Waals surface area contributed by atoms with Crippen LogP contribution in [0.5, 0.6) is 0 Å². The van der Waals surface area contributed by atoms with E-state index >= 15 is 0 Å². The van der Waals surface area contributed by atoms with E-state index in [1.165, 1.54) is 6.07 Å². The molecular formula is C10H12BrFO. The molecule has 0 saturated heterocycles. The Bertz CT molecular complexity index is 288. The van der Waals surface area contributed by atoms with Crippen molar-refractivity contribution in [2.45, 2.75) is 25.9 Å². The van der Waals surface area contributed by atoms with Crippen molar-refractivity contribution < 1.29 is 9.50 Å². The highest BCUT2D eigenvalue weighted by Gasteiger charge is 2.08. The van der Waals surface area contributed by atoms with Gasteiger partial charge < -0.3 is 5.11 Å². The average Bonchev–Trinajstić information content (AvgIpc) is 2.13. The zero-order chi connectivity index (χ0) is 9.84. The van der Waals surface area contributed by atoms with Gasteiger partial charge in [0.2, 0.25) is 0 Å². The number of rotatable bonds is 3. The molecule has 1 aromatic rings. The number of aliphatic hydroxyl groups is 1. The van der Waals surface area contributed by atoms with Gasteiger partial charge in [0.05, 0.1) is 10.6 Å². The molecule has 0 radical (unpaired) electrons. The van der Waals surface area contributed by atoms with Crippen LogP contribution in [0.15, 0.2) is 22.7 Å². The summed E-state index contributed by atoms with van der Waals surface area (Å²) in [6, 6.07) is 4.86. The van der Waals surface area contributed by atoms with E-state index in [0.29, 0.717) is 17.3 Å². The molecule has 0 fully saturated rings. The van der Waals surface area contributed by atoms with Gasteiger partial charge in [-0.1, -0.05) is 19.1 Å². The average molecular weight is 247 g/mol.